The van der Waals surface area contributed by atoms with Gasteiger partial charge in [-0.2, -0.15) is 4.98 Å². The van der Waals surface area contributed by atoms with Crippen LogP contribution in [0, 0.1) is 11.7 Å². The van der Waals surface area contributed by atoms with Crippen molar-refractivity contribution in [1.29, 1.82) is 0 Å². The summed E-state index contributed by atoms with van der Waals surface area (Å²) in [5.74, 6) is 0.455. The molecule has 140 valence electrons. The third-order valence-corrected chi connectivity index (χ3v) is 4.87. The van der Waals surface area contributed by atoms with Crippen molar-refractivity contribution in [3.8, 4) is 11.4 Å². The van der Waals surface area contributed by atoms with E-state index in [9.17, 15) is 9.18 Å². The summed E-state index contributed by atoms with van der Waals surface area (Å²) in [6.07, 6.45) is 2.60. The van der Waals surface area contributed by atoms with E-state index in [0.29, 0.717) is 18.4 Å². The molecule has 6 nitrogen and oxygen atoms in total. The Bertz CT molecular complexity index is 739. The van der Waals surface area contributed by atoms with E-state index in [-0.39, 0.29) is 29.7 Å². The Labute approximate surface area is 152 Å². The summed E-state index contributed by atoms with van der Waals surface area (Å²) in [6.45, 7) is 6.65. The molecule has 1 amide bonds. The molecule has 1 N–H and O–H groups in total. The summed E-state index contributed by atoms with van der Waals surface area (Å²) in [6, 6.07) is 6.81. The Morgan fingerprint density at radius 1 is 1.35 bits per heavy atom. The van der Waals surface area contributed by atoms with Gasteiger partial charge in [0, 0.05) is 12.5 Å². The minimum Gasteiger partial charge on any atom is -0.347 e. The summed E-state index contributed by atoms with van der Waals surface area (Å²) in [7, 11) is 0. The van der Waals surface area contributed by atoms with E-state index >= 15 is 0 Å². The van der Waals surface area contributed by atoms with E-state index in [2.05, 4.69) is 34.2 Å². The van der Waals surface area contributed by atoms with Crippen LogP contribution in [0.2, 0.25) is 0 Å². The Morgan fingerprint density at radius 2 is 2.08 bits per heavy atom. The molecule has 2 heterocycles. The molecule has 0 atom stereocenters. The number of amides is 1. The van der Waals surface area contributed by atoms with Gasteiger partial charge in [0.25, 0.3) is 0 Å². The highest BCUT2D eigenvalue weighted by atomic mass is 19.1. The lowest BCUT2D eigenvalue weighted by molar-refractivity contribution is -0.122. The van der Waals surface area contributed by atoms with E-state index in [1.54, 1.807) is 18.2 Å². The number of benzene rings is 1. The molecular formula is C19H25FN4O2. The van der Waals surface area contributed by atoms with E-state index in [0.717, 1.165) is 25.9 Å². The van der Waals surface area contributed by atoms with Crippen LogP contribution >= 0.6 is 0 Å². The Kier molecular flexibility index (Phi) is 5.98. The van der Waals surface area contributed by atoms with Crippen LogP contribution in [0.4, 0.5) is 4.39 Å². The molecule has 2 aromatic rings. The van der Waals surface area contributed by atoms with Crippen molar-refractivity contribution >= 4 is 5.91 Å². The van der Waals surface area contributed by atoms with E-state index in [4.69, 9.17) is 4.52 Å². The first-order valence-corrected chi connectivity index (χ1v) is 9.11. The number of hydrogen-bond acceptors (Lipinski definition) is 5. The molecule has 3 rings (SSSR count). The minimum absolute atomic E-state index is 0.0151. The number of nitrogens with zero attached hydrogens (tertiary/aromatic N) is 3. The molecular weight excluding hydrogens is 335 g/mol. The molecule has 0 aliphatic carbocycles. The summed E-state index contributed by atoms with van der Waals surface area (Å²) in [5, 5.41) is 6.60. The number of nitrogens with one attached hydrogen (secondary N) is 1. The number of carbonyl (C=O) groups is 1. The lowest BCUT2D eigenvalue weighted by Gasteiger charge is -2.34. The number of piperidine rings is 1. The van der Waals surface area contributed by atoms with Crippen molar-refractivity contribution in [2.45, 2.75) is 45.7 Å². The maximum absolute atomic E-state index is 13.7. The summed E-state index contributed by atoms with van der Waals surface area (Å²) < 4.78 is 18.8. The maximum atomic E-state index is 13.7. The smallest absolute Gasteiger partial charge is 0.246 e. The zero-order valence-electron chi connectivity index (χ0n) is 15.2. The van der Waals surface area contributed by atoms with Gasteiger partial charge in [0.15, 0.2) is 0 Å². The minimum atomic E-state index is -0.406. The Morgan fingerprint density at radius 3 is 2.77 bits per heavy atom. The van der Waals surface area contributed by atoms with Gasteiger partial charge in [0.1, 0.15) is 5.82 Å². The van der Waals surface area contributed by atoms with Crippen molar-refractivity contribution in [2.24, 2.45) is 5.92 Å². The van der Waals surface area contributed by atoms with Crippen LogP contribution in [0.25, 0.3) is 11.4 Å². The lowest BCUT2D eigenvalue weighted by atomic mass is 9.92. The molecule has 0 unspecified atom stereocenters. The number of halogens is 1. The van der Waals surface area contributed by atoms with E-state index in [1.165, 1.54) is 6.07 Å². The zero-order chi connectivity index (χ0) is 18.5. The quantitative estimate of drug-likeness (QED) is 0.857. The van der Waals surface area contributed by atoms with Gasteiger partial charge in [-0.05, 0) is 57.8 Å². The van der Waals surface area contributed by atoms with Gasteiger partial charge in [-0.15, -0.1) is 0 Å². The molecule has 1 aliphatic heterocycles. The number of hydrogen-bond donors (Lipinski definition) is 1. The number of carbonyl (C=O) groups excluding carboxylic acids is 1. The predicted octanol–water partition coefficient (Wildman–Crippen LogP) is 3.00. The number of rotatable bonds is 6. The van der Waals surface area contributed by atoms with Crippen LogP contribution in [0.5, 0.6) is 0 Å². The first kappa shape index (κ1) is 18.5. The van der Waals surface area contributed by atoms with Gasteiger partial charge in [-0.25, -0.2) is 4.39 Å². The molecule has 0 bridgehead atoms. The summed E-state index contributed by atoms with van der Waals surface area (Å²) in [5.41, 5.74) is 0.283. The highest BCUT2D eigenvalue weighted by molar-refractivity contribution is 5.76. The van der Waals surface area contributed by atoms with Gasteiger partial charge in [-0.1, -0.05) is 17.3 Å². The third-order valence-electron chi connectivity index (χ3n) is 4.87. The summed E-state index contributed by atoms with van der Waals surface area (Å²) >= 11 is 0. The largest absolute Gasteiger partial charge is 0.347 e. The van der Waals surface area contributed by atoms with Crippen molar-refractivity contribution in [2.75, 3.05) is 13.1 Å². The Balaban J connectivity index is 1.46. The molecule has 1 saturated heterocycles. The van der Waals surface area contributed by atoms with Gasteiger partial charge in [-0.3, -0.25) is 4.79 Å². The predicted molar refractivity (Wildman–Crippen MR) is 95.6 cm³/mol. The lowest BCUT2D eigenvalue weighted by Crippen LogP contribution is -2.39. The standard InChI is InChI=1S/C19H25FN4O2/c1-13(2)24-9-7-14(8-10-24)11-17(25)21-12-18-22-19(23-26-18)15-5-3-4-6-16(15)20/h3-6,13-14H,7-12H2,1-2H3,(H,21,25). The molecule has 1 fully saturated rings. The summed E-state index contributed by atoms with van der Waals surface area (Å²) in [4.78, 5) is 18.7. The molecule has 0 radical (unpaired) electrons. The molecule has 0 saturated carbocycles. The van der Waals surface area contributed by atoms with Gasteiger partial charge in [0.05, 0.1) is 12.1 Å². The maximum Gasteiger partial charge on any atom is 0.246 e. The fraction of sp³-hybridized carbons (Fsp3) is 0.526. The van der Waals surface area contributed by atoms with E-state index < -0.39 is 5.82 Å². The topological polar surface area (TPSA) is 71.3 Å². The first-order chi connectivity index (χ1) is 12.5. The van der Waals surface area contributed by atoms with Crippen molar-refractivity contribution < 1.29 is 13.7 Å². The second-order valence-corrected chi connectivity index (χ2v) is 7.05. The van der Waals surface area contributed by atoms with Gasteiger partial charge >= 0.3 is 0 Å². The van der Waals surface area contributed by atoms with Crippen molar-refractivity contribution in [1.82, 2.24) is 20.4 Å². The fourth-order valence-electron chi connectivity index (χ4n) is 3.26. The van der Waals surface area contributed by atoms with Gasteiger partial charge in [0.2, 0.25) is 17.6 Å². The highest BCUT2D eigenvalue weighted by Gasteiger charge is 2.23. The second-order valence-electron chi connectivity index (χ2n) is 7.05. The normalized spacial score (nSPS) is 16.2. The van der Waals surface area contributed by atoms with Crippen LogP contribution in [0.15, 0.2) is 28.8 Å². The van der Waals surface area contributed by atoms with Crippen molar-refractivity contribution in [3.05, 3.63) is 36.0 Å². The van der Waals surface area contributed by atoms with Crippen LogP contribution in [-0.4, -0.2) is 40.1 Å². The number of likely N-dealkylation sites (tertiary alicyclic amines) is 1. The molecule has 1 aromatic heterocycles. The molecule has 0 spiro atoms. The van der Waals surface area contributed by atoms with Gasteiger partial charge < -0.3 is 14.7 Å². The van der Waals surface area contributed by atoms with Crippen LogP contribution < -0.4 is 5.32 Å². The average Bonchev–Trinajstić information content (AvgIpc) is 3.09. The van der Waals surface area contributed by atoms with E-state index in [1.807, 2.05) is 0 Å². The van der Waals surface area contributed by atoms with Crippen LogP contribution in [0.3, 0.4) is 0 Å². The number of aromatic nitrogens is 2. The van der Waals surface area contributed by atoms with Crippen LogP contribution in [0.1, 0.15) is 39.0 Å². The molecule has 1 aliphatic rings. The van der Waals surface area contributed by atoms with Crippen molar-refractivity contribution in [3.63, 3.8) is 0 Å². The second kappa shape index (κ2) is 8.40. The average molecular weight is 360 g/mol. The molecule has 1 aromatic carbocycles. The SMILES string of the molecule is CC(C)N1CCC(CC(=O)NCc2nc(-c3ccccc3F)no2)CC1. The highest BCUT2D eigenvalue weighted by Crippen LogP contribution is 2.22. The third kappa shape index (κ3) is 4.66. The molecule has 26 heavy (non-hydrogen) atoms. The van der Waals surface area contributed by atoms with Crippen LogP contribution in [-0.2, 0) is 11.3 Å². The first-order valence-electron chi connectivity index (χ1n) is 9.11. The Hall–Kier alpha value is -2.28. The molecule has 7 heteroatoms. The monoisotopic (exact) mass is 360 g/mol. The zero-order valence-corrected chi connectivity index (χ0v) is 15.2. The fourth-order valence-corrected chi connectivity index (χ4v) is 3.26.